The standard InChI is InChI=1S/C15H16ClNO/c16-12-4-7-15-11(9-12)10-14(18-15)3-1-2-8-17-13-5-6-13/h1,3-4,7,9-10,13,17H,2,5-6,8H2/b3-1+. The second-order valence-electron chi connectivity index (χ2n) is 4.75. The van der Waals surface area contributed by atoms with Crippen molar-refractivity contribution in [3.05, 3.63) is 41.1 Å². The molecular weight excluding hydrogens is 246 g/mol. The molecule has 1 fully saturated rings. The van der Waals surface area contributed by atoms with Gasteiger partial charge in [0.1, 0.15) is 11.3 Å². The lowest BCUT2D eigenvalue weighted by Gasteiger charge is -1.96. The van der Waals surface area contributed by atoms with Gasteiger partial charge in [-0.25, -0.2) is 0 Å². The van der Waals surface area contributed by atoms with Gasteiger partial charge in [-0.15, -0.1) is 0 Å². The van der Waals surface area contributed by atoms with Crippen LogP contribution in [0.5, 0.6) is 0 Å². The highest BCUT2D eigenvalue weighted by Gasteiger charge is 2.19. The summed E-state index contributed by atoms with van der Waals surface area (Å²) in [5, 5.41) is 5.27. The summed E-state index contributed by atoms with van der Waals surface area (Å²) >= 11 is 5.94. The first-order valence-electron chi connectivity index (χ1n) is 6.40. The van der Waals surface area contributed by atoms with E-state index in [2.05, 4.69) is 11.4 Å². The fourth-order valence-electron chi connectivity index (χ4n) is 1.97. The fourth-order valence-corrected chi connectivity index (χ4v) is 2.16. The molecular formula is C15H16ClNO. The molecule has 1 saturated carbocycles. The van der Waals surface area contributed by atoms with Crippen LogP contribution in [-0.2, 0) is 0 Å². The second kappa shape index (κ2) is 5.17. The molecule has 0 spiro atoms. The fraction of sp³-hybridized carbons (Fsp3) is 0.333. The molecule has 1 aliphatic carbocycles. The maximum atomic E-state index is 5.94. The number of halogens is 1. The number of fused-ring (bicyclic) bond motifs is 1. The van der Waals surface area contributed by atoms with Crippen molar-refractivity contribution < 1.29 is 4.42 Å². The van der Waals surface area contributed by atoms with Gasteiger partial charge in [0, 0.05) is 16.5 Å². The first-order valence-corrected chi connectivity index (χ1v) is 6.78. The van der Waals surface area contributed by atoms with Crippen molar-refractivity contribution in [1.29, 1.82) is 0 Å². The summed E-state index contributed by atoms with van der Waals surface area (Å²) in [6.45, 7) is 1.05. The summed E-state index contributed by atoms with van der Waals surface area (Å²) in [5.74, 6) is 0.888. The topological polar surface area (TPSA) is 25.2 Å². The first-order chi connectivity index (χ1) is 8.81. The summed E-state index contributed by atoms with van der Waals surface area (Å²) in [6, 6.07) is 8.48. The van der Waals surface area contributed by atoms with Gasteiger partial charge >= 0.3 is 0 Å². The zero-order valence-electron chi connectivity index (χ0n) is 10.2. The van der Waals surface area contributed by atoms with Gasteiger partial charge in [-0.05, 0) is 56.1 Å². The zero-order chi connectivity index (χ0) is 12.4. The Morgan fingerprint density at radius 2 is 2.22 bits per heavy atom. The van der Waals surface area contributed by atoms with Crippen molar-refractivity contribution in [1.82, 2.24) is 5.32 Å². The van der Waals surface area contributed by atoms with Gasteiger partial charge in [-0.3, -0.25) is 0 Å². The smallest absolute Gasteiger partial charge is 0.134 e. The molecule has 0 amide bonds. The Morgan fingerprint density at radius 1 is 1.33 bits per heavy atom. The van der Waals surface area contributed by atoms with Crippen LogP contribution in [0.15, 0.2) is 34.8 Å². The van der Waals surface area contributed by atoms with Gasteiger partial charge in [-0.1, -0.05) is 17.7 Å². The molecule has 2 nitrogen and oxygen atoms in total. The second-order valence-corrected chi connectivity index (χ2v) is 5.19. The molecule has 0 aliphatic heterocycles. The lowest BCUT2D eigenvalue weighted by atomic mass is 10.2. The Bertz CT molecular complexity index is 569. The van der Waals surface area contributed by atoms with Crippen molar-refractivity contribution in [2.45, 2.75) is 25.3 Å². The van der Waals surface area contributed by atoms with Crippen LogP contribution in [0.25, 0.3) is 17.0 Å². The summed E-state index contributed by atoms with van der Waals surface area (Å²) < 4.78 is 5.70. The molecule has 0 bridgehead atoms. The molecule has 3 heteroatoms. The van der Waals surface area contributed by atoms with E-state index >= 15 is 0 Å². The Balaban J connectivity index is 1.60. The van der Waals surface area contributed by atoms with Crippen LogP contribution in [-0.4, -0.2) is 12.6 Å². The Labute approximate surface area is 112 Å². The minimum absolute atomic E-state index is 0.743. The van der Waals surface area contributed by atoms with Crippen LogP contribution in [0.3, 0.4) is 0 Å². The third kappa shape index (κ3) is 2.95. The van der Waals surface area contributed by atoms with E-state index in [9.17, 15) is 0 Å². The van der Waals surface area contributed by atoms with Crippen LogP contribution in [0, 0.1) is 0 Å². The maximum absolute atomic E-state index is 5.94. The minimum Gasteiger partial charge on any atom is -0.457 e. The number of rotatable bonds is 5. The molecule has 1 heterocycles. The van der Waals surface area contributed by atoms with E-state index in [0.29, 0.717) is 0 Å². The van der Waals surface area contributed by atoms with E-state index < -0.39 is 0 Å². The number of nitrogens with one attached hydrogen (secondary N) is 1. The zero-order valence-corrected chi connectivity index (χ0v) is 10.9. The summed E-state index contributed by atoms with van der Waals surface area (Å²) in [6.07, 6.45) is 7.90. The lowest BCUT2D eigenvalue weighted by molar-refractivity contribution is 0.603. The van der Waals surface area contributed by atoms with Crippen molar-refractivity contribution in [2.75, 3.05) is 6.54 Å². The quantitative estimate of drug-likeness (QED) is 0.815. The molecule has 0 atom stereocenters. The van der Waals surface area contributed by atoms with Gasteiger partial charge in [-0.2, -0.15) is 0 Å². The van der Waals surface area contributed by atoms with E-state index in [0.717, 1.165) is 40.8 Å². The maximum Gasteiger partial charge on any atom is 0.134 e. The molecule has 2 aromatic rings. The third-order valence-electron chi connectivity index (χ3n) is 3.10. The van der Waals surface area contributed by atoms with Crippen LogP contribution in [0.1, 0.15) is 25.0 Å². The normalized spacial score (nSPS) is 15.8. The Hall–Kier alpha value is -1.25. The van der Waals surface area contributed by atoms with Crippen LogP contribution >= 0.6 is 11.6 Å². The van der Waals surface area contributed by atoms with Crippen molar-refractivity contribution in [3.63, 3.8) is 0 Å². The average Bonchev–Trinajstić information content (AvgIpc) is 3.08. The van der Waals surface area contributed by atoms with E-state index in [1.807, 2.05) is 30.3 Å². The Kier molecular flexibility index (Phi) is 3.39. The summed E-state index contributed by atoms with van der Waals surface area (Å²) in [5.41, 5.74) is 0.884. The molecule has 1 aromatic heterocycles. The Morgan fingerprint density at radius 3 is 3.06 bits per heavy atom. The molecule has 0 unspecified atom stereocenters. The van der Waals surface area contributed by atoms with E-state index in [-0.39, 0.29) is 0 Å². The number of hydrogen-bond acceptors (Lipinski definition) is 2. The highest BCUT2D eigenvalue weighted by molar-refractivity contribution is 6.31. The predicted octanol–water partition coefficient (Wildman–Crippen LogP) is 4.24. The van der Waals surface area contributed by atoms with Crippen LogP contribution in [0.4, 0.5) is 0 Å². The highest BCUT2D eigenvalue weighted by Crippen LogP contribution is 2.23. The number of benzene rings is 1. The lowest BCUT2D eigenvalue weighted by Crippen LogP contribution is -2.16. The van der Waals surface area contributed by atoms with Gasteiger partial charge in [0.15, 0.2) is 0 Å². The van der Waals surface area contributed by atoms with Crippen molar-refractivity contribution in [3.8, 4) is 0 Å². The van der Waals surface area contributed by atoms with Crippen LogP contribution in [0.2, 0.25) is 5.02 Å². The molecule has 1 N–H and O–H groups in total. The van der Waals surface area contributed by atoms with Crippen molar-refractivity contribution >= 4 is 28.6 Å². The monoisotopic (exact) mass is 261 g/mol. The van der Waals surface area contributed by atoms with E-state index in [1.54, 1.807) is 0 Å². The number of hydrogen-bond donors (Lipinski definition) is 1. The van der Waals surface area contributed by atoms with Gasteiger partial charge in [0.2, 0.25) is 0 Å². The highest BCUT2D eigenvalue weighted by atomic mass is 35.5. The average molecular weight is 262 g/mol. The largest absolute Gasteiger partial charge is 0.457 e. The third-order valence-corrected chi connectivity index (χ3v) is 3.34. The SMILES string of the molecule is Clc1ccc2oc(/C=C/CCNC3CC3)cc2c1. The summed E-state index contributed by atoms with van der Waals surface area (Å²) in [7, 11) is 0. The summed E-state index contributed by atoms with van der Waals surface area (Å²) in [4.78, 5) is 0. The molecule has 1 aliphatic rings. The van der Waals surface area contributed by atoms with E-state index in [4.69, 9.17) is 16.0 Å². The van der Waals surface area contributed by atoms with Crippen LogP contribution < -0.4 is 5.32 Å². The van der Waals surface area contributed by atoms with E-state index in [1.165, 1.54) is 12.8 Å². The molecule has 18 heavy (non-hydrogen) atoms. The minimum atomic E-state index is 0.743. The molecule has 0 saturated heterocycles. The van der Waals surface area contributed by atoms with Crippen molar-refractivity contribution in [2.24, 2.45) is 0 Å². The first kappa shape index (κ1) is 11.8. The number of furan rings is 1. The molecule has 0 radical (unpaired) electrons. The van der Waals surface area contributed by atoms with Gasteiger partial charge in [0.25, 0.3) is 0 Å². The molecule has 3 rings (SSSR count). The molecule has 94 valence electrons. The van der Waals surface area contributed by atoms with Gasteiger partial charge < -0.3 is 9.73 Å². The van der Waals surface area contributed by atoms with Gasteiger partial charge in [0.05, 0.1) is 0 Å². The molecule has 1 aromatic carbocycles. The predicted molar refractivity (Wildman–Crippen MR) is 75.9 cm³/mol.